The van der Waals surface area contributed by atoms with Crippen LogP contribution in [0, 0.1) is 0 Å². The van der Waals surface area contributed by atoms with Crippen LogP contribution in [0.4, 0.5) is 0 Å². The minimum absolute atomic E-state index is 0.0972. The van der Waals surface area contributed by atoms with Gasteiger partial charge in [-0.05, 0) is 11.4 Å². The zero-order valence-electron chi connectivity index (χ0n) is 7.21. The van der Waals surface area contributed by atoms with Crippen molar-refractivity contribution in [1.82, 2.24) is 9.55 Å². The van der Waals surface area contributed by atoms with Gasteiger partial charge in [0.2, 0.25) is 0 Å². The van der Waals surface area contributed by atoms with Crippen molar-refractivity contribution in [3.8, 4) is 0 Å². The molecular weight excluding hydrogens is 200 g/mol. The Hall–Kier alpha value is -0.740. The molecule has 0 radical (unpaired) electrons. The van der Waals surface area contributed by atoms with Gasteiger partial charge in [0.05, 0.1) is 5.25 Å². The van der Waals surface area contributed by atoms with Crippen LogP contribution in [0.5, 0.6) is 0 Å². The highest BCUT2D eigenvalue weighted by Gasteiger charge is 2.13. The Kier molecular flexibility index (Phi) is 2.42. The van der Waals surface area contributed by atoms with Gasteiger partial charge in [-0.2, -0.15) is 12.6 Å². The van der Waals surface area contributed by atoms with Crippen LogP contribution in [0.1, 0.15) is 16.0 Å². The molecule has 0 bridgehead atoms. The van der Waals surface area contributed by atoms with Gasteiger partial charge in [0.15, 0.2) is 0 Å². The fourth-order valence-corrected chi connectivity index (χ4v) is 2.44. The Morgan fingerprint density at radius 2 is 2.46 bits per heavy atom. The van der Waals surface area contributed by atoms with Crippen LogP contribution in [-0.2, 0) is 7.05 Å². The van der Waals surface area contributed by atoms with Gasteiger partial charge >= 0.3 is 0 Å². The first-order valence-corrected chi connectivity index (χ1v) is 5.37. The minimum atomic E-state index is 0.0972. The third-order valence-corrected chi connectivity index (χ3v) is 3.54. The van der Waals surface area contributed by atoms with Gasteiger partial charge < -0.3 is 4.57 Å². The molecule has 0 amide bonds. The summed E-state index contributed by atoms with van der Waals surface area (Å²) < 4.78 is 2.00. The van der Waals surface area contributed by atoms with Crippen LogP contribution in [0.3, 0.4) is 0 Å². The Bertz CT molecular complexity index is 378. The molecule has 0 saturated heterocycles. The van der Waals surface area contributed by atoms with Crippen molar-refractivity contribution in [3.63, 3.8) is 0 Å². The second kappa shape index (κ2) is 3.55. The third-order valence-electron chi connectivity index (χ3n) is 1.92. The highest BCUT2D eigenvalue weighted by Crippen LogP contribution is 2.29. The summed E-state index contributed by atoms with van der Waals surface area (Å²) in [6.07, 6.45) is 3.73. The van der Waals surface area contributed by atoms with Crippen molar-refractivity contribution in [2.75, 3.05) is 0 Å². The molecule has 2 aromatic rings. The molecule has 0 aromatic carbocycles. The standard InChI is InChI=1S/C9H10N2S2/c1-11-5-4-10-9(11)8(12)7-3-2-6-13-7/h2-6,8,12H,1H3. The molecule has 1 atom stereocenters. The van der Waals surface area contributed by atoms with E-state index in [1.54, 1.807) is 17.5 Å². The van der Waals surface area contributed by atoms with Gasteiger partial charge in [-0.15, -0.1) is 11.3 Å². The number of imidazole rings is 1. The molecule has 2 aromatic heterocycles. The summed E-state index contributed by atoms with van der Waals surface area (Å²) in [5, 5.41) is 2.15. The highest BCUT2D eigenvalue weighted by molar-refractivity contribution is 7.80. The lowest BCUT2D eigenvalue weighted by Gasteiger charge is -2.07. The van der Waals surface area contributed by atoms with Gasteiger partial charge in [-0.1, -0.05) is 6.07 Å². The summed E-state index contributed by atoms with van der Waals surface area (Å²) in [4.78, 5) is 5.50. The van der Waals surface area contributed by atoms with Gasteiger partial charge in [0.1, 0.15) is 5.82 Å². The number of aryl methyl sites for hydroxylation is 1. The lowest BCUT2D eigenvalue weighted by Crippen LogP contribution is -2.00. The van der Waals surface area contributed by atoms with E-state index in [0.717, 1.165) is 5.82 Å². The molecule has 0 fully saturated rings. The average Bonchev–Trinajstić information content (AvgIpc) is 2.72. The predicted octanol–water partition coefficient (Wildman–Crippen LogP) is 2.50. The van der Waals surface area contributed by atoms with Gasteiger partial charge in [-0.3, -0.25) is 0 Å². The van der Waals surface area contributed by atoms with Gasteiger partial charge in [-0.25, -0.2) is 4.98 Å². The Morgan fingerprint density at radius 3 is 3.00 bits per heavy atom. The quantitative estimate of drug-likeness (QED) is 0.754. The van der Waals surface area contributed by atoms with Gasteiger partial charge in [0.25, 0.3) is 0 Å². The molecule has 2 rings (SSSR count). The summed E-state index contributed by atoms with van der Waals surface area (Å²) in [7, 11) is 1.99. The maximum atomic E-state index is 4.54. The van der Waals surface area contributed by atoms with E-state index in [4.69, 9.17) is 0 Å². The SMILES string of the molecule is Cn1ccnc1C(S)c1cccs1. The number of thiol groups is 1. The molecule has 0 aliphatic heterocycles. The molecule has 0 aliphatic carbocycles. The van der Waals surface area contributed by atoms with E-state index in [0.29, 0.717) is 0 Å². The normalized spacial score (nSPS) is 13.1. The van der Waals surface area contributed by atoms with E-state index in [-0.39, 0.29) is 5.25 Å². The second-order valence-corrected chi connectivity index (χ2v) is 4.31. The minimum Gasteiger partial charge on any atom is -0.337 e. The van der Waals surface area contributed by atoms with Gasteiger partial charge in [0, 0.05) is 24.3 Å². The first-order valence-electron chi connectivity index (χ1n) is 3.97. The van der Waals surface area contributed by atoms with Crippen molar-refractivity contribution in [2.24, 2.45) is 7.05 Å². The Morgan fingerprint density at radius 1 is 1.62 bits per heavy atom. The molecular formula is C9H10N2S2. The van der Waals surface area contributed by atoms with Crippen LogP contribution >= 0.6 is 24.0 Å². The lowest BCUT2D eigenvalue weighted by molar-refractivity contribution is 0.820. The van der Waals surface area contributed by atoms with Crippen LogP contribution < -0.4 is 0 Å². The van der Waals surface area contributed by atoms with E-state index in [1.165, 1.54) is 4.88 Å². The molecule has 13 heavy (non-hydrogen) atoms. The summed E-state index contributed by atoms with van der Waals surface area (Å²) >= 11 is 6.25. The van der Waals surface area contributed by atoms with Crippen LogP contribution in [-0.4, -0.2) is 9.55 Å². The monoisotopic (exact) mass is 210 g/mol. The molecule has 0 N–H and O–H groups in total. The third kappa shape index (κ3) is 1.64. The van der Waals surface area contributed by atoms with Crippen LogP contribution in [0.25, 0.3) is 0 Å². The highest BCUT2D eigenvalue weighted by atomic mass is 32.1. The molecule has 68 valence electrons. The van der Waals surface area contributed by atoms with Crippen molar-refractivity contribution >= 4 is 24.0 Å². The van der Waals surface area contributed by atoms with E-state index < -0.39 is 0 Å². The zero-order valence-corrected chi connectivity index (χ0v) is 8.92. The number of rotatable bonds is 2. The topological polar surface area (TPSA) is 17.8 Å². The number of aromatic nitrogens is 2. The summed E-state index contributed by atoms with van der Waals surface area (Å²) in [6, 6.07) is 4.11. The summed E-state index contributed by atoms with van der Waals surface area (Å²) in [5.74, 6) is 0.991. The Balaban J connectivity index is 2.33. The summed E-state index contributed by atoms with van der Waals surface area (Å²) in [5.41, 5.74) is 0. The first kappa shape index (κ1) is 8.84. The van der Waals surface area contributed by atoms with Crippen molar-refractivity contribution < 1.29 is 0 Å². The van der Waals surface area contributed by atoms with E-state index >= 15 is 0 Å². The number of hydrogen-bond donors (Lipinski definition) is 1. The fourth-order valence-electron chi connectivity index (χ4n) is 1.21. The zero-order chi connectivity index (χ0) is 9.26. The van der Waals surface area contributed by atoms with Crippen LogP contribution in [0.15, 0.2) is 29.9 Å². The Labute approximate surface area is 86.7 Å². The smallest absolute Gasteiger partial charge is 0.126 e. The number of thiophene rings is 1. The molecule has 2 heterocycles. The average molecular weight is 210 g/mol. The number of nitrogens with zero attached hydrogens (tertiary/aromatic N) is 2. The molecule has 0 spiro atoms. The maximum Gasteiger partial charge on any atom is 0.126 e. The lowest BCUT2D eigenvalue weighted by atomic mass is 10.3. The molecule has 2 nitrogen and oxygen atoms in total. The van der Waals surface area contributed by atoms with Crippen molar-refractivity contribution in [1.29, 1.82) is 0 Å². The molecule has 0 aliphatic rings. The molecule has 0 saturated carbocycles. The first-order chi connectivity index (χ1) is 6.29. The number of hydrogen-bond acceptors (Lipinski definition) is 3. The molecule has 4 heteroatoms. The largest absolute Gasteiger partial charge is 0.337 e. The van der Waals surface area contributed by atoms with E-state index in [2.05, 4.69) is 29.1 Å². The maximum absolute atomic E-state index is 4.54. The van der Waals surface area contributed by atoms with Crippen LogP contribution in [0.2, 0.25) is 0 Å². The van der Waals surface area contributed by atoms with Crippen molar-refractivity contribution in [2.45, 2.75) is 5.25 Å². The summed E-state index contributed by atoms with van der Waals surface area (Å²) in [6.45, 7) is 0. The molecule has 1 unspecified atom stereocenters. The van der Waals surface area contributed by atoms with E-state index in [9.17, 15) is 0 Å². The van der Waals surface area contributed by atoms with E-state index in [1.807, 2.05) is 23.9 Å². The second-order valence-electron chi connectivity index (χ2n) is 2.81. The van der Waals surface area contributed by atoms with Crippen molar-refractivity contribution in [3.05, 3.63) is 40.6 Å². The predicted molar refractivity (Wildman–Crippen MR) is 58.4 cm³/mol. The fraction of sp³-hybridized carbons (Fsp3) is 0.222.